The van der Waals surface area contributed by atoms with Crippen molar-refractivity contribution in [2.75, 3.05) is 6.61 Å². The van der Waals surface area contributed by atoms with E-state index in [1.54, 1.807) is 0 Å². The van der Waals surface area contributed by atoms with E-state index in [9.17, 15) is 15.0 Å². The lowest BCUT2D eigenvalue weighted by Crippen LogP contribution is -2.50. The van der Waals surface area contributed by atoms with Crippen molar-refractivity contribution in [3.05, 3.63) is 0 Å². The molecule has 3 saturated carbocycles. The molecule has 4 nitrogen and oxygen atoms in total. The summed E-state index contributed by atoms with van der Waals surface area (Å²) in [7, 11) is 0. The molecule has 0 amide bonds. The van der Waals surface area contributed by atoms with Gasteiger partial charge in [0.1, 0.15) is 0 Å². The predicted molar refractivity (Wildman–Crippen MR) is 118 cm³/mol. The van der Waals surface area contributed by atoms with Gasteiger partial charge in [-0.2, -0.15) is 0 Å². The Hall–Kier alpha value is -0.610. The summed E-state index contributed by atoms with van der Waals surface area (Å²) < 4.78 is 5.93. The van der Waals surface area contributed by atoms with Gasteiger partial charge >= 0.3 is 5.97 Å². The summed E-state index contributed by atoms with van der Waals surface area (Å²) in [6.07, 6.45) is 9.37. The van der Waals surface area contributed by atoms with Crippen molar-refractivity contribution in [2.24, 2.45) is 46.3 Å². The van der Waals surface area contributed by atoms with E-state index in [0.29, 0.717) is 49.0 Å². The summed E-state index contributed by atoms with van der Waals surface area (Å²) in [5.74, 6) is 2.62. The molecule has 0 bridgehead atoms. The first kappa shape index (κ1) is 22.6. The smallest absolute Gasteiger partial charge is 0.309 e. The molecular formula is C26H44O4. The monoisotopic (exact) mass is 420 g/mol. The number of fused-ring (bicyclic) bond motifs is 5. The van der Waals surface area contributed by atoms with Gasteiger partial charge in [-0.25, -0.2) is 0 Å². The second-order valence-electron chi connectivity index (χ2n) is 12.1. The van der Waals surface area contributed by atoms with E-state index in [0.717, 1.165) is 19.3 Å². The highest BCUT2D eigenvalue weighted by molar-refractivity contribution is 5.74. The lowest BCUT2D eigenvalue weighted by molar-refractivity contribution is -0.153. The third-order valence-electron chi connectivity index (χ3n) is 10.1. The van der Waals surface area contributed by atoms with Gasteiger partial charge in [0, 0.05) is 0 Å². The molecule has 6 unspecified atom stereocenters. The Balaban J connectivity index is 1.52. The zero-order valence-electron chi connectivity index (χ0n) is 19.6. The molecule has 30 heavy (non-hydrogen) atoms. The number of cyclic esters (lactones) is 1. The molecule has 4 heteroatoms. The van der Waals surface area contributed by atoms with E-state index in [1.165, 1.54) is 32.1 Å². The van der Waals surface area contributed by atoms with Gasteiger partial charge in [0.15, 0.2) is 0 Å². The number of ether oxygens (including phenoxy) is 1. The molecule has 0 aromatic rings. The van der Waals surface area contributed by atoms with Crippen molar-refractivity contribution in [2.45, 2.75) is 104 Å². The standard InChI is InChI=1S/C26H44O4/c1-16(2)13-22(27)23(28)14-17-8-9-19-18-15-30-24(29)21-7-5-6-11-26(21,4)20(18)10-12-25(17,19)3/h16-23,27-28H,5-15H2,1-4H3/t17?,18?,19-,20-,21?,22?,23?,25+,26?/m0/s1. The van der Waals surface area contributed by atoms with Crippen LogP contribution in [0.15, 0.2) is 0 Å². The van der Waals surface area contributed by atoms with Gasteiger partial charge < -0.3 is 14.9 Å². The second kappa shape index (κ2) is 8.39. The summed E-state index contributed by atoms with van der Waals surface area (Å²) >= 11 is 0. The summed E-state index contributed by atoms with van der Waals surface area (Å²) in [4.78, 5) is 12.9. The zero-order chi connectivity index (χ0) is 21.7. The number of carbonyl (C=O) groups excluding carboxylic acids is 1. The van der Waals surface area contributed by atoms with Crippen molar-refractivity contribution < 1.29 is 19.7 Å². The van der Waals surface area contributed by atoms with Crippen LogP contribution in [0.2, 0.25) is 0 Å². The van der Waals surface area contributed by atoms with Crippen molar-refractivity contribution >= 4 is 5.97 Å². The molecule has 2 N–H and O–H groups in total. The van der Waals surface area contributed by atoms with Gasteiger partial charge in [-0.15, -0.1) is 0 Å². The molecule has 1 aliphatic heterocycles. The fourth-order valence-electron chi connectivity index (χ4n) is 8.39. The van der Waals surface area contributed by atoms with Gasteiger partial charge in [0.05, 0.1) is 24.7 Å². The summed E-state index contributed by atoms with van der Waals surface area (Å²) in [6.45, 7) is 9.61. The summed E-state index contributed by atoms with van der Waals surface area (Å²) in [5, 5.41) is 21.2. The third kappa shape index (κ3) is 3.74. The molecule has 0 radical (unpaired) electrons. The topological polar surface area (TPSA) is 66.8 Å². The van der Waals surface area contributed by atoms with Crippen LogP contribution in [-0.2, 0) is 9.53 Å². The maximum atomic E-state index is 12.9. The van der Waals surface area contributed by atoms with E-state index in [-0.39, 0.29) is 22.7 Å². The number of aliphatic hydroxyl groups is 2. The van der Waals surface area contributed by atoms with Crippen LogP contribution in [0.1, 0.15) is 91.9 Å². The normalized spacial score (nSPS) is 45.7. The Morgan fingerprint density at radius 2 is 1.70 bits per heavy atom. The average Bonchev–Trinajstić information content (AvgIpc) is 2.96. The fraction of sp³-hybridized carbons (Fsp3) is 0.962. The van der Waals surface area contributed by atoms with Crippen molar-refractivity contribution in [3.63, 3.8) is 0 Å². The Morgan fingerprint density at radius 3 is 2.43 bits per heavy atom. The molecule has 1 heterocycles. The van der Waals surface area contributed by atoms with E-state index in [1.807, 2.05) is 0 Å². The minimum absolute atomic E-state index is 0.0649. The quantitative estimate of drug-likeness (QED) is 0.617. The van der Waals surface area contributed by atoms with Crippen molar-refractivity contribution in [3.8, 4) is 0 Å². The molecule has 4 fully saturated rings. The molecule has 0 spiro atoms. The first-order chi connectivity index (χ1) is 14.2. The Bertz CT molecular complexity index is 633. The van der Waals surface area contributed by atoms with Gasteiger partial charge in [-0.05, 0) is 91.8 Å². The van der Waals surface area contributed by atoms with Gasteiger partial charge in [-0.1, -0.05) is 40.5 Å². The second-order valence-corrected chi connectivity index (χ2v) is 12.1. The average molecular weight is 421 g/mol. The lowest BCUT2D eigenvalue weighted by atomic mass is 9.49. The molecule has 3 aliphatic carbocycles. The minimum Gasteiger partial charge on any atom is -0.465 e. The molecule has 9 atom stereocenters. The Morgan fingerprint density at radius 1 is 0.967 bits per heavy atom. The van der Waals surface area contributed by atoms with Crippen LogP contribution in [0, 0.1) is 46.3 Å². The fourth-order valence-corrected chi connectivity index (χ4v) is 8.39. The molecule has 172 valence electrons. The van der Waals surface area contributed by atoms with Crippen LogP contribution >= 0.6 is 0 Å². The van der Waals surface area contributed by atoms with Gasteiger partial charge in [-0.3, -0.25) is 4.79 Å². The predicted octanol–water partition coefficient (Wildman–Crippen LogP) is 4.96. The van der Waals surface area contributed by atoms with E-state index >= 15 is 0 Å². The van der Waals surface area contributed by atoms with E-state index in [2.05, 4.69) is 27.7 Å². The highest BCUT2D eigenvalue weighted by Gasteiger charge is 2.60. The van der Waals surface area contributed by atoms with Crippen molar-refractivity contribution in [1.82, 2.24) is 0 Å². The highest BCUT2D eigenvalue weighted by atomic mass is 16.5. The molecular weight excluding hydrogens is 376 g/mol. The van der Waals surface area contributed by atoms with Crippen LogP contribution in [-0.4, -0.2) is 35.0 Å². The molecule has 4 rings (SSSR count). The van der Waals surface area contributed by atoms with Gasteiger partial charge in [0.2, 0.25) is 0 Å². The van der Waals surface area contributed by atoms with Crippen LogP contribution in [0.4, 0.5) is 0 Å². The van der Waals surface area contributed by atoms with Crippen molar-refractivity contribution in [1.29, 1.82) is 0 Å². The Kier molecular flexibility index (Phi) is 6.31. The SMILES string of the molecule is CC(C)CC(O)C(O)CC1CC[C@H]2C3COC(=O)C4CCCCC4(C)[C@H]3CC[C@]12C. The maximum Gasteiger partial charge on any atom is 0.309 e. The van der Waals surface area contributed by atoms with E-state index in [4.69, 9.17) is 4.74 Å². The Labute approximate surface area is 183 Å². The molecule has 1 saturated heterocycles. The van der Waals surface area contributed by atoms with Crippen LogP contribution in [0.25, 0.3) is 0 Å². The highest BCUT2D eigenvalue weighted by Crippen LogP contribution is 2.65. The maximum absolute atomic E-state index is 12.9. The third-order valence-corrected chi connectivity index (χ3v) is 10.1. The summed E-state index contributed by atoms with van der Waals surface area (Å²) in [6, 6.07) is 0. The largest absolute Gasteiger partial charge is 0.465 e. The lowest BCUT2D eigenvalue weighted by Gasteiger charge is -2.54. The molecule has 0 aromatic heterocycles. The number of esters is 1. The molecule has 0 aromatic carbocycles. The first-order valence-electron chi connectivity index (χ1n) is 12.7. The van der Waals surface area contributed by atoms with Crippen LogP contribution in [0.3, 0.4) is 0 Å². The summed E-state index contributed by atoms with van der Waals surface area (Å²) in [5.41, 5.74) is 0.292. The zero-order valence-corrected chi connectivity index (χ0v) is 19.6. The van der Waals surface area contributed by atoms with Crippen LogP contribution in [0.5, 0.6) is 0 Å². The number of rotatable bonds is 5. The number of aliphatic hydroxyl groups excluding tert-OH is 2. The molecule has 4 aliphatic rings. The van der Waals surface area contributed by atoms with Gasteiger partial charge in [0.25, 0.3) is 0 Å². The first-order valence-corrected chi connectivity index (χ1v) is 12.7. The number of hydrogen-bond acceptors (Lipinski definition) is 4. The number of carbonyl (C=O) groups is 1. The van der Waals surface area contributed by atoms with Crippen LogP contribution < -0.4 is 0 Å². The number of hydrogen-bond donors (Lipinski definition) is 2. The van der Waals surface area contributed by atoms with E-state index < -0.39 is 12.2 Å². The minimum atomic E-state index is -0.627.